The quantitative estimate of drug-likeness (QED) is 0.884. The fourth-order valence-electron chi connectivity index (χ4n) is 1.63. The highest BCUT2D eigenvalue weighted by Gasteiger charge is 2.15. The third kappa shape index (κ3) is 1.93. The number of methoxy groups -OCH3 is 1. The molecule has 78 valence electrons. The van der Waals surface area contributed by atoms with Gasteiger partial charge in [-0.15, -0.1) is 0 Å². The van der Waals surface area contributed by atoms with E-state index in [4.69, 9.17) is 10.5 Å². The molecular formula is C11H16BrNO. The Morgan fingerprint density at radius 1 is 1.43 bits per heavy atom. The van der Waals surface area contributed by atoms with Crippen LogP contribution in [0.15, 0.2) is 10.5 Å². The molecule has 0 aliphatic heterocycles. The predicted molar refractivity (Wildman–Crippen MR) is 62.8 cm³/mol. The minimum atomic E-state index is -0.0128. The maximum absolute atomic E-state index is 5.93. The monoisotopic (exact) mass is 257 g/mol. The minimum Gasteiger partial charge on any atom is -0.495 e. The van der Waals surface area contributed by atoms with Crippen LogP contribution in [-0.2, 0) is 0 Å². The van der Waals surface area contributed by atoms with Gasteiger partial charge in [-0.25, -0.2) is 0 Å². The summed E-state index contributed by atoms with van der Waals surface area (Å²) < 4.78 is 6.31. The SMILES string of the molecule is COc1c(Br)cc(C)c(C)c1C(C)N. The van der Waals surface area contributed by atoms with Crippen LogP contribution in [0.25, 0.3) is 0 Å². The summed E-state index contributed by atoms with van der Waals surface area (Å²) in [6.07, 6.45) is 0. The molecule has 2 nitrogen and oxygen atoms in total. The topological polar surface area (TPSA) is 35.2 Å². The summed E-state index contributed by atoms with van der Waals surface area (Å²) in [5, 5.41) is 0. The van der Waals surface area contributed by atoms with Gasteiger partial charge in [0.05, 0.1) is 11.6 Å². The molecule has 0 saturated heterocycles. The molecule has 0 aromatic heterocycles. The van der Waals surface area contributed by atoms with Crippen molar-refractivity contribution >= 4 is 15.9 Å². The maximum atomic E-state index is 5.93. The van der Waals surface area contributed by atoms with Gasteiger partial charge in [-0.1, -0.05) is 0 Å². The maximum Gasteiger partial charge on any atom is 0.138 e. The first-order chi connectivity index (χ1) is 6.49. The van der Waals surface area contributed by atoms with Gasteiger partial charge < -0.3 is 10.5 Å². The highest BCUT2D eigenvalue weighted by Crippen LogP contribution is 2.36. The molecule has 0 radical (unpaired) electrons. The Hall–Kier alpha value is -0.540. The lowest BCUT2D eigenvalue weighted by atomic mass is 9.98. The average Bonchev–Trinajstić information content (AvgIpc) is 2.10. The number of halogens is 1. The first-order valence-corrected chi connectivity index (χ1v) is 5.37. The van der Waals surface area contributed by atoms with Crippen LogP contribution in [0.2, 0.25) is 0 Å². The Morgan fingerprint density at radius 3 is 2.43 bits per heavy atom. The second-order valence-electron chi connectivity index (χ2n) is 3.54. The van der Waals surface area contributed by atoms with Crippen LogP contribution in [0.4, 0.5) is 0 Å². The lowest BCUT2D eigenvalue weighted by molar-refractivity contribution is 0.403. The lowest BCUT2D eigenvalue weighted by Crippen LogP contribution is -2.10. The average molecular weight is 258 g/mol. The molecule has 2 N–H and O–H groups in total. The molecule has 0 fully saturated rings. The Morgan fingerprint density at radius 2 is 2.00 bits per heavy atom. The van der Waals surface area contributed by atoms with Crippen LogP contribution >= 0.6 is 15.9 Å². The van der Waals surface area contributed by atoms with E-state index in [1.165, 1.54) is 11.1 Å². The molecule has 0 amide bonds. The van der Waals surface area contributed by atoms with Gasteiger partial charge in [0.1, 0.15) is 5.75 Å². The molecule has 0 saturated carbocycles. The summed E-state index contributed by atoms with van der Waals surface area (Å²) in [7, 11) is 1.67. The first kappa shape index (κ1) is 11.5. The third-order valence-corrected chi connectivity index (χ3v) is 3.05. The number of ether oxygens (including phenoxy) is 1. The molecule has 1 aromatic carbocycles. The van der Waals surface area contributed by atoms with Gasteiger partial charge in [0.25, 0.3) is 0 Å². The van der Waals surface area contributed by atoms with Crippen LogP contribution in [0.3, 0.4) is 0 Å². The van der Waals surface area contributed by atoms with Crippen molar-refractivity contribution in [1.82, 2.24) is 0 Å². The zero-order valence-electron chi connectivity index (χ0n) is 9.02. The van der Waals surface area contributed by atoms with Gasteiger partial charge >= 0.3 is 0 Å². The molecule has 1 unspecified atom stereocenters. The molecule has 1 rings (SSSR count). The molecular weight excluding hydrogens is 242 g/mol. The third-order valence-electron chi connectivity index (χ3n) is 2.46. The number of rotatable bonds is 2. The highest BCUT2D eigenvalue weighted by molar-refractivity contribution is 9.10. The fourth-order valence-corrected chi connectivity index (χ4v) is 2.35. The van der Waals surface area contributed by atoms with Crippen LogP contribution in [0, 0.1) is 13.8 Å². The second kappa shape index (κ2) is 4.32. The van der Waals surface area contributed by atoms with Crippen molar-refractivity contribution in [2.45, 2.75) is 26.8 Å². The lowest BCUT2D eigenvalue weighted by Gasteiger charge is -2.18. The Kier molecular flexibility index (Phi) is 3.56. The van der Waals surface area contributed by atoms with E-state index >= 15 is 0 Å². The zero-order chi connectivity index (χ0) is 10.9. The molecule has 0 aliphatic rings. The molecule has 0 bridgehead atoms. The number of benzene rings is 1. The normalized spacial score (nSPS) is 12.7. The number of nitrogens with two attached hydrogens (primary N) is 1. The summed E-state index contributed by atoms with van der Waals surface area (Å²) in [6, 6.07) is 2.04. The van der Waals surface area contributed by atoms with Crippen molar-refractivity contribution in [2.75, 3.05) is 7.11 Å². The van der Waals surface area contributed by atoms with Crippen molar-refractivity contribution in [3.8, 4) is 5.75 Å². The standard InChI is InChI=1S/C11H16BrNO/c1-6-5-9(12)11(14-4)10(7(6)2)8(3)13/h5,8H,13H2,1-4H3. The molecule has 14 heavy (non-hydrogen) atoms. The van der Waals surface area contributed by atoms with E-state index in [0.29, 0.717) is 0 Å². The summed E-state index contributed by atoms with van der Waals surface area (Å²) in [5.41, 5.74) is 9.45. The Labute approximate surface area is 93.6 Å². The summed E-state index contributed by atoms with van der Waals surface area (Å²) in [6.45, 7) is 6.12. The largest absolute Gasteiger partial charge is 0.495 e. The molecule has 0 spiro atoms. The van der Waals surface area contributed by atoms with Crippen molar-refractivity contribution in [1.29, 1.82) is 0 Å². The number of aryl methyl sites for hydroxylation is 1. The molecule has 0 heterocycles. The van der Waals surface area contributed by atoms with Crippen LogP contribution in [0.1, 0.15) is 29.7 Å². The van der Waals surface area contributed by atoms with Gasteiger partial charge in [-0.2, -0.15) is 0 Å². The van der Waals surface area contributed by atoms with Crippen molar-refractivity contribution in [3.63, 3.8) is 0 Å². The van der Waals surface area contributed by atoms with Crippen LogP contribution < -0.4 is 10.5 Å². The zero-order valence-corrected chi connectivity index (χ0v) is 10.6. The van der Waals surface area contributed by atoms with Gasteiger partial charge in [-0.3, -0.25) is 0 Å². The first-order valence-electron chi connectivity index (χ1n) is 4.58. The highest BCUT2D eigenvalue weighted by atomic mass is 79.9. The van der Waals surface area contributed by atoms with Gasteiger partial charge in [0.2, 0.25) is 0 Å². The van der Waals surface area contributed by atoms with Gasteiger partial charge in [-0.05, 0) is 53.9 Å². The van der Waals surface area contributed by atoms with E-state index in [1.807, 2.05) is 6.92 Å². The Bertz CT molecular complexity index is 348. The van der Waals surface area contributed by atoms with E-state index in [-0.39, 0.29) is 6.04 Å². The van der Waals surface area contributed by atoms with Crippen molar-refractivity contribution < 1.29 is 4.74 Å². The molecule has 0 aliphatic carbocycles. The van der Waals surface area contributed by atoms with Crippen molar-refractivity contribution in [3.05, 3.63) is 27.2 Å². The number of hydrogen-bond acceptors (Lipinski definition) is 2. The summed E-state index contributed by atoms with van der Waals surface area (Å²) in [5.74, 6) is 0.850. The smallest absolute Gasteiger partial charge is 0.138 e. The summed E-state index contributed by atoms with van der Waals surface area (Å²) >= 11 is 3.48. The van der Waals surface area contributed by atoms with E-state index in [1.54, 1.807) is 7.11 Å². The van der Waals surface area contributed by atoms with Crippen LogP contribution in [0.5, 0.6) is 5.75 Å². The summed E-state index contributed by atoms with van der Waals surface area (Å²) in [4.78, 5) is 0. The molecule has 1 aromatic rings. The van der Waals surface area contributed by atoms with E-state index < -0.39 is 0 Å². The minimum absolute atomic E-state index is 0.0128. The van der Waals surface area contributed by atoms with Crippen LogP contribution in [-0.4, -0.2) is 7.11 Å². The fraction of sp³-hybridized carbons (Fsp3) is 0.455. The van der Waals surface area contributed by atoms with Gasteiger partial charge in [0, 0.05) is 11.6 Å². The van der Waals surface area contributed by atoms with Gasteiger partial charge in [0.15, 0.2) is 0 Å². The predicted octanol–water partition coefficient (Wildman–Crippen LogP) is 3.09. The van der Waals surface area contributed by atoms with E-state index in [2.05, 4.69) is 35.8 Å². The second-order valence-corrected chi connectivity index (χ2v) is 4.39. The van der Waals surface area contributed by atoms with Crippen molar-refractivity contribution in [2.24, 2.45) is 5.73 Å². The molecule has 1 atom stereocenters. The van der Waals surface area contributed by atoms with E-state index in [9.17, 15) is 0 Å². The molecule has 3 heteroatoms. The number of hydrogen-bond donors (Lipinski definition) is 1. The Balaban J connectivity index is 3.48. The van der Waals surface area contributed by atoms with E-state index in [0.717, 1.165) is 15.8 Å².